The number of hydrogen-bond donors (Lipinski definition) is 1. The maximum absolute atomic E-state index is 11.8. The molecule has 0 spiro atoms. The van der Waals surface area contributed by atoms with Crippen LogP contribution in [0.5, 0.6) is 0 Å². The van der Waals surface area contributed by atoms with Crippen molar-refractivity contribution in [2.24, 2.45) is 23.7 Å². The van der Waals surface area contributed by atoms with Crippen LogP contribution in [0.25, 0.3) is 0 Å². The minimum Gasteiger partial charge on any atom is -0.480 e. The van der Waals surface area contributed by atoms with E-state index in [-0.39, 0.29) is 6.61 Å². The number of unbranched alkanes of at least 4 members (excludes halogenated alkanes) is 2. The summed E-state index contributed by atoms with van der Waals surface area (Å²) in [6, 6.07) is 0. The molecule has 2 aliphatic rings. The Balaban J connectivity index is 1.61. The van der Waals surface area contributed by atoms with Crippen LogP contribution in [0, 0.1) is 23.7 Å². The zero-order valence-electron chi connectivity index (χ0n) is 12.3. The van der Waals surface area contributed by atoms with E-state index in [0.717, 1.165) is 31.6 Å². The Hall–Kier alpha value is -0.900. The first kappa shape index (κ1) is 15.5. The van der Waals surface area contributed by atoms with Crippen LogP contribution in [0.4, 0.5) is 0 Å². The number of carboxylic acids is 1. The minimum atomic E-state index is -0.906. The van der Waals surface area contributed by atoms with Crippen LogP contribution in [-0.2, 0) is 14.3 Å². The van der Waals surface area contributed by atoms with Gasteiger partial charge >= 0.3 is 5.97 Å². The fourth-order valence-corrected chi connectivity index (χ4v) is 4.38. The number of fused-ring (bicyclic) bond motifs is 2. The molecule has 2 aliphatic carbocycles. The van der Waals surface area contributed by atoms with Crippen LogP contribution in [0.15, 0.2) is 0 Å². The van der Waals surface area contributed by atoms with Gasteiger partial charge in [-0.3, -0.25) is 4.79 Å². The van der Waals surface area contributed by atoms with E-state index in [1.807, 2.05) is 0 Å². The van der Waals surface area contributed by atoms with Gasteiger partial charge in [0.2, 0.25) is 0 Å². The first-order valence-corrected chi connectivity index (χ1v) is 7.89. The minimum absolute atomic E-state index is 0.196. The Morgan fingerprint density at radius 1 is 1.15 bits per heavy atom. The molecule has 0 aromatic rings. The summed E-state index contributed by atoms with van der Waals surface area (Å²) in [7, 11) is 0. The highest BCUT2D eigenvalue weighted by molar-refractivity contribution is 5.79. The van der Waals surface area contributed by atoms with Gasteiger partial charge < -0.3 is 9.84 Å². The van der Waals surface area contributed by atoms with Crippen molar-refractivity contribution >= 4 is 11.8 Å². The van der Waals surface area contributed by atoms with Gasteiger partial charge in [0.25, 0.3) is 0 Å². The van der Waals surface area contributed by atoms with E-state index < -0.39 is 5.97 Å². The number of carboxylic acid groups (broad SMARTS) is 1. The van der Waals surface area contributed by atoms with Crippen molar-refractivity contribution in [1.82, 2.24) is 0 Å². The number of carbonyl (C=O) groups excluding carboxylic acids is 1. The molecular formula is C16H26O4. The van der Waals surface area contributed by atoms with Crippen LogP contribution in [0.1, 0.15) is 51.9 Å². The van der Waals surface area contributed by atoms with E-state index in [2.05, 4.69) is 0 Å². The second-order valence-electron chi connectivity index (χ2n) is 6.43. The summed E-state index contributed by atoms with van der Waals surface area (Å²) in [6.07, 6.45) is 8.13. The normalized spacial score (nSPS) is 31.6. The van der Waals surface area contributed by atoms with Gasteiger partial charge in [0.1, 0.15) is 12.4 Å². The molecule has 1 N–H and O–H groups in total. The third kappa shape index (κ3) is 3.81. The van der Waals surface area contributed by atoms with Crippen molar-refractivity contribution in [3.8, 4) is 0 Å². The van der Waals surface area contributed by atoms with E-state index in [1.165, 1.54) is 19.3 Å². The average Bonchev–Trinajstić information content (AvgIpc) is 2.97. The van der Waals surface area contributed by atoms with Crippen molar-refractivity contribution in [2.75, 3.05) is 13.2 Å². The predicted octanol–water partition coefficient (Wildman–Crippen LogP) is 2.90. The number of Topliss-reactive ketones (excluding diaryl/α,β-unsaturated/α-hetero) is 1. The van der Waals surface area contributed by atoms with E-state index >= 15 is 0 Å². The Bertz CT molecular complexity index is 352. The van der Waals surface area contributed by atoms with Crippen LogP contribution < -0.4 is 0 Å². The monoisotopic (exact) mass is 282 g/mol. The summed E-state index contributed by atoms with van der Waals surface area (Å²) in [6.45, 7) is 2.09. The summed E-state index contributed by atoms with van der Waals surface area (Å²) < 4.78 is 5.02. The molecule has 20 heavy (non-hydrogen) atoms. The lowest BCUT2D eigenvalue weighted by molar-refractivity contribution is -0.142. The lowest BCUT2D eigenvalue weighted by Gasteiger charge is -2.29. The number of hydrogen-bond acceptors (Lipinski definition) is 3. The van der Waals surface area contributed by atoms with Crippen LogP contribution in [-0.4, -0.2) is 30.1 Å². The van der Waals surface area contributed by atoms with Gasteiger partial charge in [-0.1, -0.05) is 12.8 Å². The SMILES string of the molecule is CC(=O)C1C2CCC(C2)C1CCCCCOCC(=O)O. The Kier molecular flexibility index (Phi) is 5.58. The maximum Gasteiger partial charge on any atom is 0.329 e. The lowest BCUT2D eigenvalue weighted by Crippen LogP contribution is -2.28. The van der Waals surface area contributed by atoms with Crippen molar-refractivity contribution in [2.45, 2.75) is 51.9 Å². The van der Waals surface area contributed by atoms with Crippen LogP contribution in [0.3, 0.4) is 0 Å². The summed E-state index contributed by atoms with van der Waals surface area (Å²) in [4.78, 5) is 22.1. The zero-order valence-corrected chi connectivity index (χ0v) is 12.3. The molecule has 4 nitrogen and oxygen atoms in total. The van der Waals surface area contributed by atoms with Gasteiger partial charge in [-0.25, -0.2) is 4.79 Å². The molecule has 0 aromatic heterocycles. The molecule has 2 saturated carbocycles. The molecule has 0 heterocycles. The first-order chi connectivity index (χ1) is 9.59. The highest BCUT2D eigenvalue weighted by atomic mass is 16.5. The molecule has 0 aliphatic heterocycles. The number of carbonyl (C=O) groups is 2. The number of ketones is 1. The second-order valence-corrected chi connectivity index (χ2v) is 6.43. The summed E-state index contributed by atoms with van der Waals surface area (Å²) in [5.74, 6) is 1.89. The van der Waals surface area contributed by atoms with E-state index in [9.17, 15) is 9.59 Å². The Labute approximate surface area is 120 Å². The maximum atomic E-state index is 11.8. The molecule has 0 amide bonds. The number of aliphatic carboxylic acids is 1. The molecule has 0 saturated heterocycles. The van der Waals surface area contributed by atoms with Crippen molar-refractivity contribution in [3.05, 3.63) is 0 Å². The number of rotatable bonds is 9. The third-order valence-corrected chi connectivity index (χ3v) is 5.11. The molecule has 2 bridgehead atoms. The van der Waals surface area contributed by atoms with Gasteiger partial charge in [0.05, 0.1) is 0 Å². The molecule has 4 atom stereocenters. The second kappa shape index (κ2) is 7.21. The molecule has 4 heteroatoms. The van der Waals surface area contributed by atoms with Gasteiger partial charge in [-0.15, -0.1) is 0 Å². The van der Waals surface area contributed by atoms with Crippen molar-refractivity contribution in [3.63, 3.8) is 0 Å². The first-order valence-electron chi connectivity index (χ1n) is 7.89. The number of ether oxygens (including phenoxy) is 1. The van der Waals surface area contributed by atoms with E-state index in [4.69, 9.17) is 9.84 Å². The van der Waals surface area contributed by atoms with E-state index in [1.54, 1.807) is 6.92 Å². The molecule has 4 unspecified atom stereocenters. The summed E-state index contributed by atoms with van der Waals surface area (Å²) in [5.41, 5.74) is 0. The molecule has 2 fully saturated rings. The highest BCUT2D eigenvalue weighted by Crippen LogP contribution is 2.54. The topological polar surface area (TPSA) is 63.6 Å². The molecule has 2 rings (SSSR count). The molecule has 0 radical (unpaired) electrons. The largest absolute Gasteiger partial charge is 0.480 e. The third-order valence-electron chi connectivity index (χ3n) is 5.11. The average molecular weight is 282 g/mol. The smallest absolute Gasteiger partial charge is 0.329 e. The Morgan fingerprint density at radius 3 is 2.60 bits per heavy atom. The standard InChI is InChI=1S/C16H26O4/c1-11(17)16-13-7-6-12(9-13)14(16)5-3-2-4-8-20-10-15(18)19/h12-14,16H,2-10H2,1H3,(H,18,19). The van der Waals surface area contributed by atoms with Crippen molar-refractivity contribution in [1.29, 1.82) is 0 Å². The van der Waals surface area contributed by atoms with Crippen molar-refractivity contribution < 1.29 is 19.4 Å². The molecule has 114 valence electrons. The zero-order chi connectivity index (χ0) is 14.5. The van der Waals surface area contributed by atoms with Crippen LogP contribution in [0.2, 0.25) is 0 Å². The highest BCUT2D eigenvalue weighted by Gasteiger charge is 2.48. The predicted molar refractivity (Wildman–Crippen MR) is 75.4 cm³/mol. The molecule has 0 aromatic carbocycles. The molecular weight excluding hydrogens is 256 g/mol. The van der Waals surface area contributed by atoms with Crippen LogP contribution >= 0.6 is 0 Å². The summed E-state index contributed by atoms with van der Waals surface area (Å²) in [5, 5.41) is 8.44. The summed E-state index contributed by atoms with van der Waals surface area (Å²) >= 11 is 0. The quantitative estimate of drug-likeness (QED) is 0.660. The fourth-order valence-electron chi connectivity index (χ4n) is 4.38. The van der Waals surface area contributed by atoms with Gasteiger partial charge in [0.15, 0.2) is 0 Å². The van der Waals surface area contributed by atoms with Gasteiger partial charge in [0, 0.05) is 12.5 Å². The Morgan fingerprint density at radius 2 is 1.90 bits per heavy atom. The lowest BCUT2D eigenvalue weighted by atomic mass is 9.75. The van der Waals surface area contributed by atoms with E-state index in [0.29, 0.717) is 30.1 Å². The van der Waals surface area contributed by atoms with Gasteiger partial charge in [-0.2, -0.15) is 0 Å². The van der Waals surface area contributed by atoms with Gasteiger partial charge in [-0.05, 0) is 56.8 Å². The fraction of sp³-hybridized carbons (Fsp3) is 0.875.